The molecular weight excluding hydrogens is 345 g/mol. The molecule has 0 atom stereocenters. The topological polar surface area (TPSA) is 46.6 Å². The van der Waals surface area contributed by atoms with Gasteiger partial charge in [0.15, 0.2) is 0 Å². The molecule has 0 saturated carbocycles. The Labute approximate surface area is 149 Å². The fraction of sp³-hybridized carbons (Fsp3) is 0.158. The predicted molar refractivity (Wildman–Crippen MR) is 92.6 cm³/mol. The van der Waals surface area contributed by atoms with Crippen molar-refractivity contribution in [2.75, 3.05) is 13.7 Å². The summed E-state index contributed by atoms with van der Waals surface area (Å²) in [5.74, 6) is -0.677. The van der Waals surface area contributed by atoms with Gasteiger partial charge in [0.2, 0.25) is 0 Å². The van der Waals surface area contributed by atoms with Crippen molar-refractivity contribution in [2.45, 2.75) is 6.42 Å². The third-order valence-corrected chi connectivity index (χ3v) is 4.38. The largest absolute Gasteiger partial charge is 0.497 e. The highest BCUT2D eigenvalue weighted by Gasteiger charge is 2.37. The van der Waals surface area contributed by atoms with Gasteiger partial charge in [-0.3, -0.25) is 14.5 Å². The van der Waals surface area contributed by atoms with E-state index in [1.165, 1.54) is 24.3 Å². The molecule has 2 aromatic rings. The number of amides is 2. The standard InChI is InChI=1S/C19H15ClFNO3/c1-25-15-8-2-12(3-9-15)10-11-22-18(23)16(17(20)19(22)24)13-4-6-14(21)7-5-13/h2-9H,10-11H2,1H3. The third kappa shape index (κ3) is 3.42. The van der Waals surface area contributed by atoms with Gasteiger partial charge in [0.05, 0.1) is 12.7 Å². The summed E-state index contributed by atoms with van der Waals surface area (Å²) in [6.07, 6.45) is 0.502. The average Bonchev–Trinajstić information content (AvgIpc) is 2.84. The molecule has 0 aromatic heterocycles. The van der Waals surface area contributed by atoms with Gasteiger partial charge in [-0.05, 0) is 41.8 Å². The van der Waals surface area contributed by atoms with Crippen molar-refractivity contribution in [3.63, 3.8) is 0 Å². The lowest BCUT2D eigenvalue weighted by Crippen LogP contribution is -2.33. The second-order valence-corrected chi connectivity index (χ2v) is 5.93. The first-order valence-electron chi connectivity index (χ1n) is 7.66. The highest BCUT2D eigenvalue weighted by Crippen LogP contribution is 2.31. The average molecular weight is 360 g/mol. The van der Waals surface area contributed by atoms with Crippen LogP contribution in [0.25, 0.3) is 5.57 Å². The van der Waals surface area contributed by atoms with Crippen LogP contribution in [0.4, 0.5) is 4.39 Å². The number of ether oxygens (including phenoxy) is 1. The summed E-state index contributed by atoms with van der Waals surface area (Å²) in [7, 11) is 1.58. The van der Waals surface area contributed by atoms with Crippen molar-refractivity contribution in [1.29, 1.82) is 0 Å². The minimum Gasteiger partial charge on any atom is -0.497 e. The summed E-state index contributed by atoms with van der Waals surface area (Å²) in [6.45, 7) is 0.213. The zero-order chi connectivity index (χ0) is 18.0. The molecule has 0 radical (unpaired) electrons. The zero-order valence-corrected chi connectivity index (χ0v) is 14.2. The van der Waals surface area contributed by atoms with Crippen LogP contribution >= 0.6 is 11.6 Å². The maximum Gasteiger partial charge on any atom is 0.273 e. The van der Waals surface area contributed by atoms with Crippen LogP contribution in [0.15, 0.2) is 53.6 Å². The first-order chi connectivity index (χ1) is 12.0. The van der Waals surface area contributed by atoms with Gasteiger partial charge in [0, 0.05) is 6.54 Å². The Bertz CT molecular complexity index is 844. The smallest absolute Gasteiger partial charge is 0.273 e. The Morgan fingerprint density at radius 3 is 2.24 bits per heavy atom. The number of carbonyl (C=O) groups is 2. The van der Waals surface area contributed by atoms with Crippen LogP contribution in [0.5, 0.6) is 5.75 Å². The molecule has 2 aromatic carbocycles. The Hall–Kier alpha value is -2.66. The fourth-order valence-corrected chi connectivity index (χ4v) is 2.94. The molecule has 128 valence electrons. The number of hydrogen-bond acceptors (Lipinski definition) is 3. The van der Waals surface area contributed by atoms with Crippen LogP contribution in [-0.2, 0) is 16.0 Å². The van der Waals surface area contributed by atoms with Crippen LogP contribution in [0.3, 0.4) is 0 Å². The van der Waals surface area contributed by atoms with Crippen molar-refractivity contribution >= 4 is 29.0 Å². The molecule has 0 spiro atoms. The Morgan fingerprint density at radius 2 is 1.64 bits per heavy atom. The van der Waals surface area contributed by atoms with E-state index >= 15 is 0 Å². The first kappa shape index (κ1) is 17.2. The minimum absolute atomic E-state index is 0.112. The molecule has 3 rings (SSSR count). The quantitative estimate of drug-likeness (QED) is 0.769. The van der Waals surface area contributed by atoms with Gasteiger partial charge in [0.25, 0.3) is 11.8 Å². The van der Waals surface area contributed by atoms with Crippen molar-refractivity contribution in [3.05, 3.63) is 70.5 Å². The van der Waals surface area contributed by atoms with E-state index in [2.05, 4.69) is 0 Å². The third-order valence-electron chi connectivity index (χ3n) is 4.03. The molecule has 0 saturated heterocycles. The van der Waals surface area contributed by atoms with E-state index in [0.717, 1.165) is 16.2 Å². The van der Waals surface area contributed by atoms with Crippen LogP contribution < -0.4 is 4.74 Å². The first-order valence-corrected chi connectivity index (χ1v) is 8.04. The molecule has 0 bridgehead atoms. The molecule has 2 amide bonds. The van der Waals surface area contributed by atoms with Crippen molar-refractivity contribution in [2.24, 2.45) is 0 Å². The lowest BCUT2D eigenvalue weighted by molar-refractivity contribution is -0.136. The Morgan fingerprint density at radius 1 is 1.00 bits per heavy atom. The lowest BCUT2D eigenvalue weighted by atomic mass is 10.1. The van der Waals surface area contributed by atoms with Crippen molar-refractivity contribution in [1.82, 2.24) is 4.90 Å². The van der Waals surface area contributed by atoms with E-state index in [4.69, 9.17) is 16.3 Å². The minimum atomic E-state index is -0.528. The van der Waals surface area contributed by atoms with Gasteiger partial charge in [-0.15, -0.1) is 0 Å². The van der Waals surface area contributed by atoms with Gasteiger partial charge in [-0.2, -0.15) is 0 Å². The number of carbonyl (C=O) groups excluding carboxylic acids is 2. The number of halogens is 2. The van der Waals surface area contributed by atoms with Crippen molar-refractivity contribution < 1.29 is 18.7 Å². The summed E-state index contributed by atoms with van der Waals surface area (Å²) in [5, 5.41) is -0.133. The predicted octanol–water partition coefficient (Wildman–Crippen LogP) is 3.40. The molecule has 1 heterocycles. The molecule has 1 aliphatic rings. The normalized spacial score (nSPS) is 14.4. The molecule has 0 unspecified atom stereocenters. The molecule has 25 heavy (non-hydrogen) atoms. The molecular formula is C19H15ClFNO3. The summed E-state index contributed by atoms with van der Waals surface area (Å²) in [5.41, 5.74) is 1.51. The molecule has 0 fully saturated rings. The van der Waals surface area contributed by atoms with Gasteiger partial charge in [-0.25, -0.2) is 4.39 Å². The molecule has 0 N–H and O–H groups in total. The molecule has 6 heteroatoms. The maximum atomic E-state index is 13.1. The van der Waals surface area contributed by atoms with Crippen molar-refractivity contribution in [3.8, 4) is 5.75 Å². The number of nitrogens with zero attached hydrogens (tertiary/aromatic N) is 1. The summed E-state index contributed by atoms with van der Waals surface area (Å²) >= 11 is 6.07. The fourth-order valence-electron chi connectivity index (χ4n) is 2.65. The van der Waals surface area contributed by atoms with E-state index in [9.17, 15) is 14.0 Å². The van der Waals surface area contributed by atoms with E-state index in [-0.39, 0.29) is 17.2 Å². The van der Waals surface area contributed by atoms with Gasteiger partial charge in [-0.1, -0.05) is 35.9 Å². The maximum absolute atomic E-state index is 13.1. The summed E-state index contributed by atoms with van der Waals surface area (Å²) < 4.78 is 18.2. The second kappa shape index (κ2) is 7.07. The number of methoxy groups -OCH3 is 1. The molecule has 4 nitrogen and oxygen atoms in total. The highest BCUT2D eigenvalue weighted by atomic mass is 35.5. The van der Waals surface area contributed by atoms with Crippen LogP contribution in [-0.4, -0.2) is 30.4 Å². The van der Waals surface area contributed by atoms with Crippen LogP contribution in [0.2, 0.25) is 0 Å². The highest BCUT2D eigenvalue weighted by molar-refractivity contribution is 6.55. The zero-order valence-electron chi connectivity index (χ0n) is 13.5. The van der Waals surface area contributed by atoms with E-state index < -0.39 is 17.6 Å². The van der Waals surface area contributed by atoms with E-state index in [0.29, 0.717) is 12.0 Å². The van der Waals surface area contributed by atoms with Gasteiger partial charge in [0.1, 0.15) is 16.6 Å². The molecule has 0 aliphatic carbocycles. The Kier molecular flexibility index (Phi) is 4.86. The van der Waals surface area contributed by atoms with Crippen LogP contribution in [0, 0.1) is 5.82 Å². The summed E-state index contributed by atoms with van der Waals surface area (Å²) in [6, 6.07) is 12.7. The van der Waals surface area contributed by atoms with E-state index in [1.54, 1.807) is 7.11 Å². The number of rotatable bonds is 5. The number of benzene rings is 2. The van der Waals surface area contributed by atoms with Crippen LogP contribution in [0.1, 0.15) is 11.1 Å². The summed E-state index contributed by atoms with van der Waals surface area (Å²) in [4.78, 5) is 26.0. The molecule has 1 aliphatic heterocycles. The Balaban J connectivity index is 1.75. The van der Waals surface area contributed by atoms with Gasteiger partial charge >= 0.3 is 0 Å². The monoisotopic (exact) mass is 359 g/mol. The number of hydrogen-bond donors (Lipinski definition) is 0. The van der Waals surface area contributed by atoms with E-state index in [1.807, 2.05) is 24.3 Å². The lowest BCUT2D eigenvalue weighted by Gasteiger charge is -2.15. The van der Waals surface area contributed by atoms with Gasteiger partial charge < -0.3 is 4.74 Å². The second-order valence-electron chi connectivity index (χ2n) is 5.56. The SMILES string of the molecule is COc1ccc(CCN2C(=O)C(Cl)=C(c3ccc(F)cc3)C2=O)cc1. The number of imide groups is 1.